The number of hydrogen-bond acceptors (Lipinski definition) is 4. The summed E-state index contributed by atoms with van der Waals surface area (Å²) in [7, 11) is 3.83. The van der Waals surface area contributed by atoms with E-state index in [1.54, 1.807) is 7.11 Å². The van der Waals surface area contributed by atoms with E-state index in [2.05, 4.69) is 27.5 Å². The molecular formula is C22H30N4O2. The predicted octanol–water partition coefficient (Wildman–Crippen LogP) is 3.12. The summed E-state index contributed by atoms with van der Waals surface area (Å²) in [4.78, 5) is 16.9. The Labute approximate surface area is 167 Å². The van der Waals surface area contributed by atoms with Crippen LogP contribution >= 0.6 is 0 Å². The summed E-state index contributed by atoms with van der Waals surface area (Å²) in [6, 6.07) is 15.5. The Balaban J connectivity index is 1.42. The molecule has 2 aromatic rings. The second-order valence-corrected chi connectivity index (χ2v) is 7.16. The Bertz CT molecular complexity index is 755. The predicted molar refractivity (Wildman–Crippen MR) is 114 cm³/mol. The van der Waals surface area contributed by atoms with E-state index in [4.69, 9.17) is 4.74 Å². The van der Waals surface area contributed by atoms with Crippen molar-refractivity contribution in [2.75, 3.05) is 58.7 Å². The molecule has 6 heteroatoms. The first-order chi connectivity index (χ1) is 13.7. The lowest BCUT2D eigenvalue weighted by Gasteiger charge is -2.32. The molecule has 0 saturated carbocycles. The van der Waals surface area contributed by atoms with Crippen molar-refractivity contribution in [3.05, 3.63) is 48.5 Å². The Hall–Kier alpha value is -2.57. The van der Waals surface area contributed by atoms with Gasteiger partial charge in [-0.15, -0.1) is 0 Å². The van der Waals surface area contributed by atoms with E-state index in [0.717, 1.165) is 61.7 Å². The number of hydrogen-bond donors (Lipinski definition) is 2. The van der Waals surface area contributed by atoms with Crippen LogP contribution in [0.1, 0.15) is 6.42 Å². The second kappa shape index (κ2) is 10.1. The van der Waals surface area contributed by atoms with Gasteiger partial charge in [-0.2, -0.15) is 0 Å². The monoisotopic (exact) mass is 382 g/mol. The van der Waals surface area contributed by atoms with Gasteiger partial charge in [0.2, 0.25) is 0 Å². The zero-order valence-electron chi connectivity index (χ0n) is 16.8. The van der Waals surface area contributed by atoms with Crippen LogP contribution in [0.25, 0.3) is 11.1 Å². The zero-order valence-corrected chi connectivity index (χ0v) is 16.8. The Morgan fingerprint density at radius 3 is 2.46 bits per heavy atom. The van der Waals surface area contributed by atoms with Gasteiger partial charge in [0.15, 0.2) is 0 Å². The fourth-order valence-electron chi connectivity index (χ4n) is 3.37. The van der Waals surface area contributed by atoms with Crippen LogP contribution in [0.5, 0.6) is 5.75 Å². The number of carbonyl (C=O) groups is 1. The van der Waals surface area contributed by atoms with Gasteiger partial charge < -0.3 is 25.2 Å². The van der Waals surface area contributed by atoms with Gasteiger partial charge in [-0.25, -0.2) is 4.79 Å². The molecule has 1 heterocycles. The van der Waals surface area contributed by atoms with Crippen LogP contribution in [0.3, 0.4) is 0 Å². The molecule has 2 aromatic carbocycles. The number of para-hydroxylation sites is 1. The lowest BCUT2D eigenvalue weighted by atomic mass is 10.0. The average molecular weight is 383 g/mol. The number of likely N-dealkylation sites (N-methyl/N-ethyl adjacent to an activating group) is 1. The number of carbonyl (C=O) groups excluding carboxylic acids is 1. The van der Waals surface area contributed by atoms with E-state index in [1.807, 2.05) is 48.5 Å². The highest BCUT2D eigenvalue weighted by molar-refractivity contribution is 5.89. The summed E-state index contributed by atoms with van der Waals surface area (Å²) >= 11 is 0. The molecule has 0 bridgehead atoms. The van der Waals surface area contributed by atoms with Gasteiger partial charge in [0.1, 0.15) is 5.75 Å². The van der Waals surface area contributed by atoms with Gasteiger partial charge >= 0.3 is 6.03 Å². The number of benzene rings is 2. The number of amides is 2. The van der Waals surface area contributed by atoms with E-state index >= 15 is 0 Å². The first kappa shape index (κ1) is 20.2. The molecule has 3 rings (SSSR count). The first-order valence-electron chi connectivity index (χ1n) is 9.85. The Kier molecular flexibility index (Phi) is 7.28. The third kappa shape index (κ3) is 5.71. The van der Waals surface area contributed by atoms with Crippen LogP contribution in [0.2, 0.25) is 0 Å². The molecule has 0 atom stereocenters. The topological polar surface area (TPSA) is 56.8 Å². The number of nitrogens with one attached hydrogen (secondary N) is 2. The molecule has 28 heavy (non-hydrogen) atoms. The summed E-state index contributed by atoms with van der Waals surface area (Å²) in [5.41, 5.74) is 2.86. The summed E-state index contributed by atoms with van der Waals surface area (Å²) in [5.74, 6) is 0.835. The van der Waals surface area contributed by atoms with Crippen LogP contribution in [0, 0.1) is 0 Å². The average Bonchev–Trinajstić information content (AvgIpc) is 2.73. The maximum atomic E-state index is 12.1. The minimum atomic E-state index is -0.164. The zero-order chi connectivity index (χ0) is 19.8. The molecule has 0 unspecified atom stereocenters. The quantitative estimate of drug-likeness (QED) is 0.723. The highest BCUT2D eigenvalue weighted by Crippen LogP contribution is 2.30. The fraction of sp³-hybridized carbons (Fsp3) is 0.409. The number of piperazine rings is 1. The molecule has 1 saturated heterocycles. The molecule has 2 amide bonds. The largest absolute Gasteiger partial charge is 0.496 e. The van der Waals surface area contributed by atoms with Crippen LogP contribution in [0.15, 0.2) is 48.5 Å². The Morgan fingerprint density at radius 1 is 1.04 bits per heavy atom. The van der Waals surface area contributed by atoms with Gasteiger partial charge in [-0.1, -0.05) is 30.3 Å². The minimum Gasteiger partial charge on any atom is -0.496 e. The maximum Gasteiger partial charge on any atom is 0.319 e. The van der Waals surface area contributed by atoms with Gasteiger partial charge in [-0.3, -0.25) is 0 Å². The van der Waals surface area contributed by atoms with Crippen molar-refractivity contribution < 1.29 is 9.53 Å². The minimum absolute atomic E-state index is 0.164. The smallest absolute Gasteiger partial charge is 0.319 e. The van der Waals surface area contributed by atoms with Crippen molar-refractivity contribution in [1.29, 1.82) is 0 Å². The molecule has 1 aliphatic heterocycles. The maximum absolute atomic E-state index is 12.1. The van der Waals surface area contributed by atoms with E-state index in [1.165, 1.54) is 0 Å². The SMILES string of the molecule is COc1ccccc1-c1ccc(NC(=O)NCCCN2CCN(C)CC2)cc1. The number of anilines is 1. The molecule has 0 radical (unpaired) electrons. The number of rotatable bonds is 7. The van der Waals surface area contributed by atoms with Gasteiger partial charge in [0, 0.05) is 44.0 Å². The fourth-order valence-corrected chi connectivity index (χ4v) is 3.37. The highest BCUT2D eigenvalue weighted by atomic mass is 16.5. The van der Waals surface area contributed by atoms with Crippen LogP contribution in [-0.4, -0.2) is 69.3 Å². The van der Waals surface area contributed by atoms with E-state index < -0.39 is 0 Å². The molecule has 2 N–H and O–H groups in total. The van der Waals surface area contributed by atoms with Crippen molar-refractivity contribution in [2.24, 2.45) is 0 Å². The highest BCUT2D eigenvalue weighted by Gasteiger charge is 2.13. The summed E-state index contributed by atoms with van der Waals surface area (Å²) in [5, 5.41) is 5.83. The number of urea groups is 1. The molecular weight excluding hydrogens is 352 g/mol. The standard InChI is InChI=1S/C22H30N4O2/c1-25-14-16-26(17-15-25)13-5-12-23-22(27)24-19-10-8-18(9-11-19)20-6-3-4-7-21(20)28-2/h3-4,6-11H,5,12-17H2,1-2H3,(H2,23,24,27). The molecule has 150 valence electrons. The van der Waals surface area contributed by atoms with Crippen molar-refractivity contribution in [3.63, 3.8) is 0 Å². The molecule has 1 fully saturated rings. The molecule has 0 aromatic heterocycles. The van der Waals surface area contributed by atoms with Crippen LogP contribution in [-0.2, 0) is 0 Å². The van der Waals surface area contributed by atoms with E-state index in [0.29, 0.717) is 6.54 Å². The van der Waals surface area contributed by atoms with Crippen molar-refractivity contribution >= 4 is 11.7 Å². The lowest BCUT2D eigenvalue weighted by molar-refractivity contribution is 0.153. The van der Waals surface area contributed by atoms with Crippen LogP contribution in [0.4, 0.5) is 10.5 Å². The second-order valence-electron chi connectivity index (χ2n) is 7.16. The first-order valence-corrected chi connectivity index (χ1v) is 9.85. The molecule has 0 aliphatic carbocycles. The summed E-state index contributed by atoms with van der Waals surface area (Å²) in [6.45, 7) is 6.18. The molecule has 6 nitrogen and oxygen atoms in total. The van der Waals surface area contributed by atoms with Gasteiger partial charge in [-0.05, 0) is 43.8 Å². The van der Waals surface area contributed by atoms with Crippen molar-refractivity contribution in [1.82, 2.24) is 15.1 Å². The van der Waals surface area contributed by atoms with Crippen molar-refractivity contribution in [2.45, 2.75) is 6.42 Å². The molecule has 0 spiro atoms. The molecule has 1 aliphatic rings. The number of methoxy groups -OCH3 is 1. The Morgan fingerprint density at radius 2 is 1.75 bits per heavy atom. The number of nitrogens with zero attached hydrogens (tertiary/aromatic N) is 2. The van der Waals surface area contributed by atoms with Crippen molar-refractivity contribution in [3.8, 4) is 16.9 Å². The van der Waals surface area contributed by atoms with Crippen LogP contribution < -0.4 is 15.4 Å². The third-order valence-corrected chi connectivity index (χ3v) is 5.09. The van der Waals surface area contributed by atoms with E-state index in [9.17, 15) is 4.79 Å². The third-order valence-electron chi connectivity index (χ3n) is 5.09. The van der Waals surface area contributed by atoms with E-state index in [-0.39, 0.29) is 6.03 Å². The lowest BCUT2D eigenvalue weighted by Crippen LogP contribution is -2.45. The normalized spacial score (nSPS) is 15.2. The summed E-state index contributed by atoms with van der Waals surface area (Å²) in [6.07, 6.45) is 0.962. The number of ether oxygens (including phenoxy) is 1. The van der Waals surface area contributed by atoms with Gasteiger partial charge in [0.25, 0.3) is 0 Å². The van der Waals surface area contributed by atoms with Gasteiger partial charge in [0.05, 0.1) is 7.11 Å². The summed E-state index contributed by atoms with van der Waals surface area (Å²) < 4.78 is 5.41.